The number of hydrogen-bond acceptors (Lipinski definition) is 7. The van der Waals surface area contributed by atoms with Crippen molar-refractivity contribution in [3.05, 3.63) is 82.4 Å². The number of rotatable bonds is 8. The summed E-state index contributed by atoms with van der Waals surface area (Å²) >= 11 is 5.23. The Hall–Kier alpha value is -4.31. The van der Waals surface area contributed by atoms with Crippen LogP contribution < -0.4 is 15.4 Å². The molecule has 3 aromatic carbocycles. The number of hydrogen-bond donors (Lipinski definition) is 2. The molecule has 36 heavy (non-hydrogen) atoms. The van der Waals surface area contributed by atoms with Gasteiger partial charge in [0, 0.05) is 17.3 Å². The van der Waals surface area contributed by atoms with Crippen molar-refractivity contribution in [2.24, 2.45) is 0 Å². The summed E-state index contributed by atoms with van der Waals surface area (Å²) in [5.74, 6) is 0.353. The van der Waals surface area contributed by atoms with Crippen LogP contribution in [0.1, 0.15) is 31.7 Å². The molecule has 4 aromatic rings. The van der Waals surface area contributed by atoms with Gasteiger partial charge in [0.1, 0.15) is 5.52 Å². The Kier molecular flexibility index (Phi) is 7.55. The van der Waals surface area contributed by atoms with Gasteiger partial charge in [0.25, 0.3) is 5.91 Å². The first-order chi connectivity index (χ1) is 17.3. The Labute approximate surface area is 212 Å². The highest BCUT2D eigenvalue weighted by molar-refractivity contribution is 7.80. The Morgan fingerprint density at radius 2 is 1.97 bits per heavy atom. The largest absolute Gasteiger partial charge is 0.477 e. The number of ether oxygens (including phenoxy) is 1. The van der Waals surface area contributed by atoms with Crippen LogP contribution in [-0.4, -0.2) is 27.5 Å². The van der Waals surface area contributed by atoms with Crippen LogP contribution in [0, 0.1) is 10.1 Å². The number of carbonyl (C=O) groups is 1. The predicted octanol–water partition coefficient (Wildman–Crippen LogP) is 5.81. The zero-order chi connectivity index (χ0) is 25.7. The van der Waals surface area contributed by atoms with Crippen molar-refractivity contribution < 1.29 is 18.9 Å². The van der Waals surface area contributed by atoms with E-state index in [2.05, 4.69) is 41.6 Å². The minimum absolute atomic E-state index is 0.00108. The molecule has 0 unspecified atom stereocenters. The minimum Gasteiger partial charge on any atom is -0.477 e. The molecule has 1 heterocycles. The molecule has 184 valence electrons. The van der Waals surface area contributed by atoms with E-state index in [0.717, 1.165) is 17.5 Å². The molecule has 0 aliphatic carbocycles. The van der Waals surface area contributed by atoms with Gasteiger partial charge in [-0.2, -0.15) is 0 Å². The molecule has 4 rings (SSSR count). The molecule has 1 amide bonds. The number of anilines is 1. The summed E-state index contributed by atoms with van der Waals surface area (Å²) in [6.07, 6.45) is 1.04. The van der Waals surface area contributed by atoms with Crippen molar-refractivity contribution in [1.82, 2.24) is 10.3 Å². The van der Waals surface area contributed by atoms with E-state index in [1.165, 1.54) is 23.8 Å². The maximum atomic E-state index is 12.2. The van der Waals surface area contributed by atoms with Gasteiger partial charge in [0.05, 0.1) is 4.92 Å². The number of fused-ring (bicyclic) bond motifs is 1. The van der Waals surface area contributed by atoms with Crippen molar-refractivity contribution >= 4 is 45.7 Å². The van der Waals surface area contributed by atoms with E-state index < -0.39 is 17.4 Å². The van der Waals surface area contributed by atoms with E-state index in [9.17, 15) is 14.9 Å². The zero-order valence-corrected chi connectivity index (χ0v) is 20.5. The van der Waals surface area contributed by atoms with Gasteiger partial charge in [0.2, 0.25) is 5.89 Å². The average Bonchev–Trinajstić information content (AvgIpc) is 3.31. The van der Waals surface area contributed by atoms with Crippen molar-refractivity contribution in [3.63, 3.8) is 0 Å². The highest BCUT2D eigenvalue weighted by Crippen LogP contribution is 2.29. The number of oxazole rings is 1. The second-order valence-electron chi connectivity index (χ2n) is 8.15. The summed E-state index contributed by atoms with van der Waals surface area (Å²) in [6, 6.07) is 19.2. The number of carbonyl (C=O) groups excluding carboxylic acids is 1. The third kappa shape index (κ3) is 5.84. The molecule has 0 fully saturated rings. The first kappa shape index (κ1) is 24.8. The average molecular weight is 505 g/mol. The molecular weight excluding hydrogens is 480 g/mol. The fourth-order valence-electron chi connectivity index (χ4n) is 3.54. The quantitative estimate of drug-likeness (QED) is 0.175. The lowest BCUT2D eigenvalue weighted by molar-refractivity contribution is -0.385. The first-order valence-corrected chi connectivity index (χ1v) is 11.7. The van der Waals surface area contributed by atoms with Crippen LogP contribution in [0.5, 0.6) is 5.75 Å². The van der Waals surface area contributed by atoms with Crippen molar-refractivity contribution in [1.29, 1.82) is 0 Å². The molecule has 0 saturated heterocycles. The molecule has 0 spiro atoms. The second-order valence-corrected chi connectivity index (χ2v) is 8.56. The highest BCUT2D eigenvalue weighted by atomic mass is 32.1. The van der Waals surface area contributed by atoms with Crippen LogP contribution in [0.3, 0.4) is 0 Å². The van der Waals surface area contributed by atoms with Gasteiger partial charge < -0.3 is 14.5 Å². The molecule has 2 N–H and O–H groups in total. The highest BCUT2D eigenvalue weighted by Gasteiger charge is 2.16. The van der Waals surface area contributed by atoms with Gasteiger partial charge in [0.15, 0.2) is 23.1 Å². The summed E-state index contributed by atoms with van der Waals surface area (Å²) in [6.45, 7) is 3.89. The molecule has 1 aromatic heterocycles. The van der Waals surface area contributed by atoms with Gasteiger partial charge in [-0.25, -0.2) is 4.98 Å². The predicted molar refractivity (Wildman–Crippen MR) is 141 cm³/mol. The fourth-order valence-corrected chi connectivity index (χ4v) is 3.77. The lowest BCUT2D eigenvalue weighted by atomic mass is 9.98. The first-order valence-electron chi connectivity index (χ1n) is 11.3. The van der Waals surface area contributed by atoms with E-state index in [0.29, 0.717) is 23.1 Å². The summed E-state index contributed by atoms with van der Waals surface area (Å²) in [7, 11) is 0. The van der Waals surface area contributed by atoms with E-state index in [-0.39, 0.29) is 16.5 Å². The Morgan fingerprint density at radius 3 is 2.75 bits per heavy atom. The van der Waals surface area contributed by atoms with Gasteiger partial charge in [-0.3, -0.25) is 20.2 Å². The lowest BCUT2D eigenvalue weighted by Gasteiger charge is -2.11. The lowest BCUT2D eigenvalue weighted by Crippen LogP contribution is -2.37. The van der Waals surface area contributed by atoms with Gasteiger partial charge in [-0.1, -0.05) is 38.1 Å². The summed E-state index contributed by atoms with van der Waals surface area (Å²) in [5, 5.41) is 16.6. The number of nitrogens with one attached hydrogen (secondary N) is 2. The standard InChI is InChI=1S/C26H24N4O5S/c1-3-16(2)17-11-12-22-20(14-17)28-25(35-22)18-7-6-8-19(13-18)27-26(36)29-24(31)15-34-23-10-5-4-9-21(23)30(32)33/h4-14,16H,3,15H2,1-2H3,(H2,27,29,31,36)/t16-/m1/s1. The van der Waals surface area contributed by atoms with Crippen LogP contribution in [0.2, 0.25) is 0 Å². The van der Waals surface area contributed by atoms with Crippen LogP contribution in [0.4, 0.5) is 11.4 Å². The van der Waals surface area contributed by atoms with Crippen LogP contribution in [0.15, 0.2) is 71.1 Å². The minimum atomic E-state index is -0.575. The molecular formula is C26H24N4O5S. The molecule has 0 saturated carbocycles. The number of nitro benzene ring substituents is 1. The Morgan fingerprint density at radius 1 is 1.17 bits per heavy atom. The second kappa shape index (κ2) is 11.0. The number of aromatic nitrogens is 1. The molecule has 0 bridgehead atoms. The monoisotopic (exact) mass is 504 g/mol. The van der Waals surface area contributed by atoms with Crippen LogP contribution in [0.25, 0.3) is 22.6 Å². The van der Waals surface area contributed by atoms with E-state index in [1.807, 2.05) is 24.3 Å². The van der Waals surface area contributed by atoms with Crippen LogP contribution in [-0.2, 0) is 4.79 Å². The third-order valence-electron chi connectivity index (χ3n) is 5.63. The van der Waals surface area contributed by atoms with E-state index in [4.69, 9.17) is 21.4 Å². The third-order valence-corrected chi connectivity index (χ3v) is 5.84. The van der Waals surface area contributed by atoms with Crippen molar-refractivity contribution in [3.8, 4) is 17.2 Å². The molecule has 10 heteroatoms. The number of para-hydroxylation sites is 2. The Bertz CT molecular complexity index is 1430. The van der Waals surface area contributed by atoms with Gasteiger partial charge in [-0.15, -0.1) is 0 Å². The molecule has 0 radical (unpaired) electrons. The molecule has 1 atom stereocenters. The normalized spacial score (nSPS) is 11.6. The van der Waals surface area contributed by atoms with Gasteiger partial charge >= 0.3 is 5.69 Å². The fraction of sp³-hybridized carbons (Fsp3) is 0.192. The topological polar surface area (TPSA) is 120 Å². The Balaban J connectivity index is 1.39. The summed E-state index contributed by atoms with van der Waals surface area (Å²) in [4.78, 5) is 27.4. The summed E-state index contributed by atoms with van der Waals surface area (Å²) in [5.41, 5.74) is 3.86. The maximum absolute atomic E-state index is 12.2. The number of amides is 1. The number of benzene rings is 3. The molecule has 0 aliphatic rings. The van der Waals surface area contributed by atoms with E-state index in [1.54, 1.807) is 12.1 Å². The van der Waals surface area contributed by atoms with Crippen molar-refractivity contribution in [2.45, 2.75) is 26.2 Å². The number of thiocarbonyl (C=S) groups is 1. The number of nitro groups is 1. The van der Waals surface area contributed by atoms with Crippen molar-refractivity contribution in [2.75, 3.05) is 11.9 Å². The van der Waals surface area contributed by atoms with Crippen LogP contribution >= 0.6 is 12.2 Å². The number of nitrogens with zero attached hydrogens (tertiary/aromatic N) is 2. The zero-order valence-electron chi connectivity index (χ0n) is 19.7. The maximum Gasteiger partial charge on any atom is 0.310 e. The van der Waals surface area contributed by atoms with E-state index >= 15 is 0 Å². The molecule has 9 nitrogen and oxygen atoms in total. The van der Waals surface area contributed by atoms with Gasteiger partial charge in [-0.05, 0) is 66.5 Å². The smallest absolute Gasteiger partial charge is 0.310 e. The SMILES string of the molecule is CC[C@@H](C)c1ccc2oc(-c3cccc(NC(=S)NC(=O)COc4ccccc4[N+](=O)[O-])c3)nc2c1. The summed E-state index contributed by atoms with van der Waals surface area (Å²) < 4.78 is 11.2. The molecule has 0 aliphatic heterocycles.